The third-order valence-corrected chi connectivity index (χ3v) is 10.8. The molecule has 1 aliphatic heterocycles. The van der Waals surface area contributed by atoms with Crippen LogP contribution in [0.25, 0.3) is 22.5 Å². The van der Waals surface area contributed by atoms with Gasteiger partial charge < -0.3 is 10.1 Å². The average Bonchev–Trinajstić information content (AvgIpc) is 3.90. The van der Waals surface area contributed by atoms with Crippen molar-refractivity contribution in [2.45, 2.75) is 69.2 Å². The highest BCUT2D eigenvalue weighted by Crippen LogP contribution is 2.36. The second kappa shape index (κ2) is 14.1. The normalized spacial score (nSPS) is 18.5. The molecule has 3 aromatic carbocycles. The van der Waals surface area contributed by atoms with Crippen molar-refractivity contribution < 1.29 is 9.90 Å². The molecule has 238 valence electrons. The van der Waals surface area contributed by atoms with Crippen molar-refractivity contribution in [3.8, 4) is 22.5 Å². The highest BCUT2D eigenvalue weighted by Gasteiger charge is 2.43. The Morgan fingerprint density at radius 3 is 2.36 bits per heavy atom. The zero-order valence-corrected chi connectivity index (χ0v) is 27.5. The lowest BCUT2D eigenvalue weighted by molar-refractivity contribution is -0.143. The van der Waals surface area contributed by atoms with Gasteiger partial charge in [0.2, 0.25) is 0 Å². The number of aryl methyl sites for hydroxylation is 2. The van der Waals surface area contributed by atoms with Crippen LogP contribution in [0.1, 0.15) is 65.3 Å². The Labute approximate surface area is 281 Å². The Hall–Kier alpha value is -4.55. The van der Waals surface area contributed by atoms with Crippen LogP contribution in [0.2, 0.25) is 0 Å². The fourth-order valence-corrected chi connectivity index (χ4v) is 8.12. The Bertz CT molecular complexity index is 1830. The van der Waals surface area contributed by atoms with E-state index >= 15 is 0 Å². The van der Waals surface area contributed by atoms with E-state index in [1.807, 2.05) is 42.5 Å². The largest absolute Gasteiger partial charge is 0.481 e. The first-order valence-corrected chi connectivity index (χ1v) is 17.7. The van der Waals surface area contributed by atoms with E-state index in [4.69, 9.17) is 9.98 Å². The van der Waals surface area contributed by atoms with Crippen LogP contribution in [0.4, 0.5) is 0 Å². The van der Waals surface area contributed by atoms with Gasteiger partial charge in [0.05, 0.1) is 22.2 Å². The molecule has 2 unspecified atom stereocenters. The van der Waals surface area contributed by atoms with Crippen molar-refractivity contribution in [3.05, 3.63) is 136 Å². The minimum Gasteiger partial charge on any atom is -0.481 e. The third-order valence-electron chi connectivity index (χ3n) is 9.95. The van der Waals surface area contributed by atoms with Crippen LogP contribution in [-0.4, -0.2) is 32.8 Å². The molecule has 5 nitrogen and oxygen atoms in total. The number of carboxylic acids is 1. The Balaban J connectivity index is 0.984. The Morgan fingerprint density at radius 2 is 1.64 bits per heavy atom. The SMILES string of the molecule is O=C(O)C(Cc1ccccc1)C1(Cc2nc(-c3ccc(-c4cc(CCc5ccc(C6CCCCC6)cc5)c[nH]4)cc3)cs2)C=CC=N1. The number of allylic oxidation sites excluding steroid dienone is 1. The number of hydrogen-bond donors (Lipinski definition) is 2. The van der Waals surface area contributed by atoms with Gasteiger partial charge in [-0.3, -0.25) is 9.79 Å². The fourth-order valence-electron chi connectivity index (χ4n) is 7.21. The monoisotopic (exact) mass is 639 g/mol. The number of thiazole rings is 1. The first-order chi connectivity index (χ1) is 23.0. The molecule has 2 N–H and O–H groups in total. The van der Waals surface area contributed by atoms with E-state index in [2.05, 4.69) is 71.2 Å². The molecule has 0 spiro atoms. The maximum atomic E-state index is 12.5. The number of hydrogen-bond acceptors (Lipinski definition) is 4. The van der Waals surface area contributed by atoms with E-state index in [9.17, 15) is 9.90 Å². The van der Waals surface area contributed by atoms with Crippen LogP contribution >= 0.6 is 11.3 Å². The maximum absolute atomic E-state index is 12.5. The van der Waals surface area contributed by atoms with Gasteiger partial charge in [0.15, 0.2) is 0 Å². The maximum Gasteiger partial charge on any atom is 0.309 e. The summed E-state index contributed by atoms with van der Waals surface area (Å²) in [6.07, 6.45) is 17.4. The summed E-state index contributed by atoms with van der Waals surface area (Å²) in [5.74, 6) is -0.781. The van der Waals surface area contributed by atoms with Gasteiger partial charge >= 0.3 is 5.97 Å². The highest BCUT2D eigenvalue weighted by molar-refractivity contribution is 7.10. The van der Waals surface area contributed by atoms with E-state index in [-0.39, 0.29) is 0 Å². The molecular formula is C41H41N3O2S. The van der Waals surface area contributed by atoms with Gasteiger partial charge in [0, 0.05) is 35.5 Å². The number of aromatic amines is 1. The van der Waals surface area contributed by atoms with Crippen LogP contribution in [0.5, 0.6) is 0 Å². The van der Waals surface area contributed by atoms with E-state index < -0.39 is 17.4 Å². The number of carboxylic acid groups (broad SMARTS) is 1. The zero-order valence-electron chi connectivity index (χ0n) is 26.6. The minimum atomic E-state index is -0.857. The second-order valence-corrected chi connectivity index (χ2v) is 14.0. The standard InChI is InChI=1S/C41H41N3O2S/c45-40(46)36(24-30-8-3-1-4-9-30)41(22-7-23-43-41)26-39-44-38(28-47-39)35-20-18-34(19-21-35)37-25-31(27-42-37)13-12-29-14-16-33(17-15-29)32-10-5-2-6-11-32/h1,3-4,7-9,14-23,25,27-28,32,36,42H,2,5-6,10-13,24,26H2,(H,45,46). The van der Waals surface area contributed by atoms with Crippen LogP contribution in [0, 0.1) is 5.92 Å². The summed E-state index contributed by atoms with van der Waals surface area (Å²) >= 11 is 1.56. The molecule has 5 aromatic rings. The number of benzene rings is 3. The lowest BCUT2D eigenvalue weighted by Crippen LogP contribution is -2.41. The van der Waals surface area contributed by atoms with Crippen LogP contribution in [-0.2, 0) is 30.5 Å². The van der Waals surface area contributed by atoms with Gasteiger partial charge in [-0.1, -0.05) is 104 Å². The molecular weight excluding hydrogens is 599 g/mol. The van der Waals surface area contributed by atoms with Crippen LogP contribution in [0.15, 0.2) is 114 Å². The quantitative estimate of drug-likeness (QED) is 0.143. The van der Waals surface area contributed by atoms with Crippen molar-refractivity contribution in [1.29, 1.82) is 0 Å². The van der Waals surface area contributed by atoms with Crippen LogP contribution in [0.3, 0.4) is 0 Å². The number of aliphatic carboxylic acids is 1. The van der Waals surface area contributed by atoms with Crippen molar-refractivity contribution in [1.82, 2.24) is 9.97 Å². The van der Waals surface area contributed by atoms with Gasteiger partial charge in [-0.2, -0.15) is 0 Å². The average molecular weight is 640 g/mol. The number of nitrogens with zero attached hydrogens (tertiary/aromatic N) is 2. The molecule has 6 heteroatoms. The van der Waals surface area contributed by atoms with Crippen molar-refractivity contribution in [3.63, 3.8) is 0 Å². The van der Waals surface area contributed by atoms with Gasteiger partial charge in [-0.05, 0) is 78.0 Å². The lowest BCUT2D eigenvalue weighted by atomic mass is 9.78. The third kappa shape index (κ3) is 7.23. The molecule has 2 atom stereocenters. The summed E-state index contributed by atoms with van der Waals surface area (Å²) in [5.41, 5.74) is 8.56. The molecule has 0 bridgehead atoms. The molecule has 2 aromatic heterocycles. The smallest absolute Gasteiger partial charge is 0.309 e. The van der Waals surface area contributed by atoms with E-state index in [0.29, 0.717) is 12.8 Å². The second-order valence-electron chi connectivity index (χ2n) is 13.1. The van der Waals surface area contributed by atoms with Crippen LogP contribution < -0.4 is 0 Å². The van der Waals surface area contributed by atoms with Gasteiger partial charge in [-0.15, -0.1) is 11.3 Å². The molecule has 7 rings (SSSR count). The molecule has 1 saturated carbocycles. The van der Waals surface area contributed by atoms with Crippen molar-refractivity contribution in [2.24, 2.45) is 10.9 Å². The highest BCUT2D eigenvalue weighted by atomic mass is 32.1. The summed E-state index contributed by atoms with van der Waals surface area (Å²) < 4.78 is 0. The molecule has 1 fully saturated rings. The lowest BCUT2D eigenvalue weighted by Gasteiger charge is -2.30. The summed E-state index contributed by atoms with van der Waals surface area (Å²) in [6.45, 7) is 0. The number of nitrogens with one attached hydrogen (secondary N) is 1. The number of rotatable bonds is 12. The topological polar surface area (TPSA) is 78.3 Å². The van der Waals surface area contributed by atoms with E-state index in [1.54, 1.807) is 17.6 Å². The number of aliphatic imine (C=N–C) groups is 1. The summed E-state index contributed by atoms with van der Waals surface area (Å²) in [4.78, 5) is 25.6. The Morgan fingerprint density at radius 1 is 0.894 bits per heavy atom. The summed E-state index contributed by atoms with van der Waals surface area (Å²) in [5, 5.41) is 13.2. The molecule has 0 amide bonds. The molecule has 2 aliphatic rings. The Kier molecular flexibility index (Phi) is 9.30. The van der Waals surface area contributed by atoms with Gasteiger partial charge in [0.1, 0.15) is 0 Å². The number of aromatic nitrogens is 2. The molecule has 3 heterocycles. The van der Waals surface area contributed by atoms with Gasteiger partial charge in [-0.25, -0.2) is 4.98 Å². The fraction of sp³-hybridized carbons (Fsp3) is 0.293. The van der Waals surface area contributed by atoms with E-state index in [1.165, 1.54) is 48.8 Å². The first-order valence-electron chi connectivity index (χ1n) is 16.9. The van der Waals surface area contributed by atoms with Crippen molar-refractivity contribution in [2.75, 3.05) is 0 Å². The number of carbonyl (C=O) groups is 1. The molecule has 0 saturated heterocycles. The first kappa shape index (κ1) is 31.1. The minimum absolute atomic E-state index is 0.408. The molecule has 47 heavy (non-hydrogen) atoms. The zero-order chi connectivity index (χ0) is 32.1. The molecule has 1 aliphatic carbocycles. The predicted octanol–water partition coefficient (Wildman–Crippen LogP) is 9.50. The van der Waals surface area contributed by atoms with E-state index in [0.717, 1.165) is 51.8 Å². The summed E-state index contributed by atoms with van der Waals surface area (Å²) in [7, 11) is 0. The van der Waals surface area contributed by atoms with Crippen molar-refractivity contribution >= 4 is 23.5 Å². The summed E-state index contributed by atoms with van der Waals surface area (Å²) in [6, 6.07) is 29.9. The van der Waals surface area contributed by atoms with Gasteiger partial charge in [0.25, 0.3) is 0 Å². The predicted molar refractivity (Wildman–Crippen MR) is 192 cm³/mol. The molecule has 0 radical (unpaired) electrons. The number of H-pyrrole nitrogens is 1.